The minimum absolute atomic E-state index is 0.0343. The summed E-state index contributed by atoms with van der Waals surface area (Å²) in [5.74, 6) is 1.54. The third-order valence-electron chi connectivity index (χ3n) is 4.53. The SMILES string of the molecule is CN1CCCC1c1nc(C2CN(C(=O)c3ccn[nH]3)C2)no1. The second-order valence-corrected chi connectivity index (χ2v) is 6.01. The van der Waals surface area contributed by atoms with Gasteiger partial charge in [0.2, 0.25) is 5.89 Å². The average molecular weight is 302 g/mol. The number of likely N-dealkylation sites (tertiary alicyclic amines) is 2. The van der Waals surface area contributed by atoms with Gasteiger partial charge in [-0.3, -0.25) is 14.8 Å². The van der Waals surface area contributed by atoms with Gasteiger partial charge in [-0.2, -0.15) is 10.1 Å². The van der Waals surface area contributed by atoms with Crippen molar-refractivity contribution in [1.29, 1.82) is 0 Å². The van der Waals surface area contributed by atoms with Crippen molar-refractivity contribution < 1.29 is 9.32 Å². The molecule has 2 aliphatic rings. The van der Waals surface area contributed by atoms with Crippen LogP contribution in [-0.2, 0) is 0 Å². The van der Waals surface area contributed by atoms with Crippen molar-refractivity contribution in [3.05, 3.63) is 29.7 Å². The van der Waals surface area contributed by atoms with E-state index in [1.807, 2.05) is 0 Å². The maximum Gasteiger partial charge on any atom is 0.271 e. The van der Waals surface area contributed by atoms with Crippen molar-refractivity contribution >= 4 is 5.91 Å². The minimum Gasteiger partial charge on any atom is -0.338 e. The van der Waals surface area contributed by atoms with E-state index >= 15 is 0 Å². The van der Waals surface area contributed by atoms with E-state index in [4.69, 9.17) is 4.52 Å². The molecule has 1 atom stereocenters. The number of H-pyrrole nitrogens is 1. The van der Waals surface area contributed by atoms with Gasteiger partial charge in [0.15, 0.2) is 5.82 Å². The molecular formula is C14H18N6O2. The topological polar surface area (TPSA) is 91.2 Å². The highest BCUT2D eigenvalue weighted by Gasteiger charge is 2.37. The molecule has 2 saturated heterocycles. The van der Waals surface area contributed by atoms with Crippen LogP contribution in [0.3, 0.4) is 0 Å². The van der Waals surface area contributed by atoms with Crippen LogP contribution in [0.1, 0.15) is 47.0 Å². The van der Waals surface area contributed by atoms with E-state index in [1.165, 1.54) is 0 Å². The summed E-state index contributed by atoms with van der Waals surface area (Å²) >= 11 is 0. The number of carbonyl (C=O) groups excluding carboxylic acids is 1. The second-order valence-electron chi connectivity index (χ2n) is 6.01. The summed E-state index contributed by atoms with van der Waals surface area (Å²) in [6.07, 6.45) is 3.80. The van der Waals surface area contributed by atoms with Gasteiger partial charge >= 0.3 is 0 Å². The van der Waals surface area contributed by atoms with Crippen LogP contribution in [0.15, 0.2) is 16.8 Å². The van der Waals surface area contributed by atoms with Gasteiger partial charge in [0.25, 0.3) is 5.91 Å². The molecule has 0 bridgehead atoms. The lowest BCUT2D eigenvalue weighted by Gasteiger charge is -2.37. The summed E-state index contributed by atoms with van der Waals surface area (Å²) in [4.78, 5) is 20.7. The van der Waals surface area contributed by atoms with E-state index in [9.17, 15) is 4.79 Å². The zero-order valence-corrected chi connectivity index (χ0v) is 12.4. The number of carbonyl (C=O) groups is 1. The molecule has 4 heterocycles. The fourth-order valence-electron chi connectivity index (χ4n) is 3.12. The lowest BCUT2D eigenvalue weighted by molar-refractivity contribution is 0.0586. The first-order valence-corrected chi connectivity index (χ1v) is 7.55. The first-order chi connectivity index (χ1) is 10.7. The molecule has 0 saturated carbocycles. The van der Waals surface area contributed by atoms with E-state index in [0.717, 1.165) is 19.4 Å². The Morgan fingerprint density at radius 3 is 3.00 bits per heavy atom. The largest absolute Gasteiger partial charge is 0.338 e. The summed E-state index contributed by atoms with van der Waals surface area (Å²) in [7, 11) is 2.08. The predicted molar refractivity (Wildman–Crippen MR) is 76.1 cm³/mol. The molecule has 0 radical (unpaired) electrons. The molecule has 2 fully saturated rings. The van der Waals surface area contributed by atoms with Crippen LogP contribution < -0.4 is 0 Å². The summed E-state index contributed by atoms with van der Waals surface area (Å²) in [5, 5.41) is 10.6. The lowest BCUT2D eigenvalue weighted by Crippen LogP contribution is -2.49. The second kappa shape index (κ2) is 5.20. The molecule has 1 unspecified atom stereocenters. The molecule has 116 valence electrons. The van der Waals surface area contributed by atoms with E-state index in [2.05, 4.69) is 32.3 Å². The Morgan fingerprint density at radius 1 is 1.45 bits per heavy atom. The Kier molecular flexibility index (Phi) is 3.18. The normalized spacial score (nSPS) is 23.0. The van der Waals surface area contributed by atoms with Crippen LogP contribution in [0, 0.1) is 0 Å². The van der Waals surface area contributed by atoms with Crippen LogP contribution in [0.5, 0.6) is 0 Å². The molecule has 22 heavy (non-hydrogen) atoms. The maximum absolute atomic E-state index is 12.1. The lowest BCUT2D eigenvalue weighted by atomic mass is 9.99. The summed E-state index contributed by atoms with van der Waals surface area (Å²) < 4.78 is 5.42. The molecular weight excluding hydrogens is 284 g/mol. The zero-order valence-electron chi connectivity index (χ0n) is 12.4. The number of hydrogen-bond acceptors (Lipinski definition) is 6. The number of nitrogens with zero attached hydrogens (tertiary/aromatic N) is 5. The van der Waals surface area contributed by atoms with Gasteiger partial charge in [0, 0.05) is 19.3 Å². The Balaban J connectivity index is 1.39. The van der Waals surface area contributed by atoms with E-state index in [0.29, 0.717) is 30.5 Å². The summed E-state index contributed by atoms with van der Waals surface area (Å²) in [6, 6.07) is 1.92. The molecule has 0 aromatic carbocycles. The predicted octanol–water partition coefficient (Wildman–Crippen LogP) is 0.799. The quantitative estimate of drug-likeness (QED) is 0.901. The number of rotatable bonds is 3. The van der Waals surface area contributed by atoms with Crippen molar-refractivity contribution in [1.82, 2.24) is 30.1 Å². The maximum atomic E-state index is 12.1. The molecule has 1 N–H and O–H groups in total. The number of aromatic nitrogens is 4. The van der Waals surface area contributed by atoms with Gasteiger partial charge < -0.3 is 9.42 Å². The Labute approximate surface area is 127 Å². The molecule has 4 rings (SSSR count). The van der Waals surface area contributed by atoms with Crippen molar-refractivity contribution in [3.63, 3.8) is 0 Å². The molecule has 0 aliphatic carbocycles. The molecule has 2 aromatic rings. The highest BCUT2D eigenvalue weighted by atomic mass is 16.5. The van der Waals surface area contributed by atoms with Crippen LogP contribution in [-0.4, -0.2) is 62.7 Å². The third-order valence-corrected chi connectivity index (χ3v) is 4.53. The zero-order chi connectivity index (χ0) is 15.1. The summed E-state index contributed by atoms with van der Waals surface area (Å²) in [5.41, 5.74) is 0.514. The molecule has 2 aromatic heterocycles. The summed E-state index contributed by atoms with van der Waals surface area (Å²) in [6.45, 7) is 2.31. The highest BCUT2D eigenvalue weighted by molar-refractivity contribution is 5.92. The van der Waals surface area contributed by atoms with E-state index in [-0.39, 0.29) is 17.9 Å². The first kappa shape index (κ1) is 13.4. The highest BCUT2D eigenvalue weighted by Crippen LogP contribution is 2.31. The number of hydrogen-bond donors (Lipinski definition) is 1. The van der Waals surface area contributed by atoms with Crippen molar-refractivity contribution in [2.24, 2.45) is 0 Å². The van der Waals surface area contributed by atoms with Gasteiger partial charge in [0.05, 0.1) is 12.0 Å². The van der Waals surface area contributed by atoms with Crippen LogP contribution in [0.4, 0.5) is 0 Å². The van der Waals surface area contributed by atoms with Gasteiger partial charge in [-0.05, 0) is 32.5 Å². The molecule has 1 amide bonds. The minimum atomic E-state index is -0.0343. The molecule has 2 aliphatic heterocycles. The molecule has 8 nitrogen and oxygen atoms in total. The Morgan fingerprint density at radius 2 is 2.32 bits per heavy atom. The number of amides is 1. The monoisotopic (exact) mass is 302 g/mol. The van der Waals surface area contributed by atoms with E-state index in [1.54, 1.807) is 17.2 Å². The van der Waals surface area contributed by atoms with Crippen molar-refractivity contribution in [3.8, 4) is 0 Å². The van der Waals surface area contributed by atoms with Crippen molar-refractivity contribution in [2.75, 3.05) is 26.7 Å². The fraction of sp³-hybridized carbons (Fsp3) is 0.571. The fourth-order valence-corrected chi connectivity index (χ4v) is 3.12. The average Bonchev–Trinajstić information content (AvgIpc) is 3.16. The first-order valence-electron chi connectivity index (χ1n) is 7.55. The van der Waals surface area contributed by atoms with Crippen LogP contribution in [0.2, 0.25) is 0 Å². The molecule has 8 heteroatoms. The number of aromatic amines is 1. The number of nitrogens with one attached hydrogen (secondary N) is 1. The van der Waals surface area contributed by atoms with Crippen molar-refractivity contribution in [2.45, 2.75) is 24.8 Å². The van der Waals surface area contributed by atoms with Gasteiger partial charge in [-0.15, -0.1) is 0 Å². The smallest absolute Gasteiger partial charge is 0.271 e. The Hall–Kier alpha value is -2.22. The van der Waals surface area contributed by atoms with Gasteiger partial charge in [-0.1, -0.05) is 5.16 Å². The van der Waals surface area contributed by atoms with Gasteiger partial charge in [0.1, 0.15) is 5.69 Å². The Bertz CT molecular complexity index is 661. The van der Waals surface area contributed by atoms with Gasteiger partial charge in [-0.25, -0.2) is 0 Å². The van der Waals surface area contributed by atoms with E-state index < -0.39 is 0 Å². The third kappa shape index (κ3) is 2.19. The standard InChI is InChI=1S/C14H18N6O2/c1-19-6-2-3-11(19)13-16-12(18-22-13)9-7-20(8-9)14(21)10-4-5-15-17-10/h4-5,9,11H,2-3,6-8H2,1H3,(H,15,17). The van der Waals surface area contributed by atoms with Crippen LogP contribution >= 0.6 is 0 Å². The van der Waals surface area contributed by atoms with Crippen LogP contribution in [0.25, 0.3) is 0 Å². The molecule has 0 spiro atoms.